The molecule has 0 aromatic rings. The highest BCUT2D eigenvalue weighted by molar-refractivity contribution is 5.84. The van der Waals surface area contributed by atoms with E-state index in [4.69, 9.17) is 21.7 Å². The van der Waals surface area contributed by atoms with Crippen LogP contribution in [0.25, 0.3) is 0 Å². The largest absolute Gasteiger partial charge is 0.394 e. The standard InChI is InChI=1S/C45H86N4O15.C18H43N5.CH4/c1-33(52)23-21-19-17-15-13-11-9-7-5-3-2-4-6-8-10-12-14-16-18-20-22-26-46-36(55)24-25-37(56)49(29-27-47-44(63)42(61)40(59)38(57)34(53)31-50)30-28-48-45(64)43(62)41(60)39(58)35(54)32-51;1-21-13-7-3-2-4-10-18(16-22-14-8-5-11-19)17-23-15-9-6-12-20;/h34-35,38-43,50-51,53-54,57-62H,2-32H2,1H3,(H,46,55)(H,47,63)(H,48,64);18,21-23H,2-17,19-20H2,1H3;1H4/t34-,35+,38+,39-,40-,41+,42+,43-;;. The summed E-state index contributed by atoms with van der Waals surface area (Å²) in [7, 11) is 2.03. The Bertz CT molecular complexity index is 1560. The zero-order chi connectivity index (χ0) is 65.1. The van der Waals surface area contributed by atoms with E-state index in [0.29, 0.717) is 12.3 Å². The van der Waals surface area contributed by atoms with Crippen LogP contribution < -0.4 is 43.4 Å². The second-order valence-electron chi connectivity index (χ2n) is 23.6. The van der Waals surface area contributed by atoms with Gasteiger partial charge >= 0.3 is 0 Å². The van der Waals surface area contributed by atoms with Crippen molar-refractivity contribution in [3.63, 3.8) is 0 Å². The van der Waals surface area contributed by atoms with Crippen molar-refractivity contribution in [3.8, 4) is 0 Å². The fourth-order valence-electron chi connectivity index (χ4n) is 9.87. The third-order valence-corrected chi connectivity index (χ3v) is 15.6. The quantitative estimate of drug-likeness (QED) is 0.0387. The number of amides is 4. The number of hydrogen-bond acceptors (Lipinski definition) is 20. The van der Waals surface area contributed by atoms with Crippen molar-refractivity contribution in [1.82, 2.24) is 36.8 Å². The van der Waals surface area contributed by atoms with E-state index in [9.17, 15) is 64.8 Å². The highest BCUT2D eigenvalue weighted by Gasteiger charge is 2.35. The number of carbonyl (C=O) groups is 5. The van der Waals surface area contributed by atoms with E-state index in [2.05, 4.69) is 31.9 Å². The van der Waals surface area contributed by atoms with E-state index in [0.717, 1.165) is 108 Å². The summed E-state index contributed by atoms with van der Waals surface area (Å²) in [5, 5.41) is 114. The number of hydrogen-bond donors (Lipinski definition) is 18. The molecule has 0 saturated heterocycles. The van der Waals surface area contributed by atoms with Gasteiger partial charge in [-0.3, -0.25) is 19.2 Å². The summed E-state index contributed by atoms with van der Waals surface area (Å²) in [5.41, 5.74) is 11.1. The Morgan fingerprint density at radius 3 is 1.12 bits per heavy atom. The van der Waals surface area contributed by atoms with Crippen molar-refractivity contribution in [2.45, 2.75) is 275 Å². The first-order valence-corrected chi connectivity index (χ1v) is 33.6. The zero-order valence-electron chi connectivity index (χ0n) is 54.0. The number of Topliss-reactive ketones (excluding diaryl/α,β-unsaturated/α-hetero) is 1. The van der Waals surface area contributed by atoms with Crippen LogP contribution in [-0.2, 0) is 24.0 Å². The maximum atomic E-state index is 13.1. The number of unbranched alkanes of at least 4 members (excludes halogenated alkanes) is 25. The van der Waals surface area contributed by atoms with Crippen LogP contribution in [0.2, 0.25) is 0 Å². The number of nitrogens with two attached hydrogens (primary N) is 2. The Kier molecular flexibility index (Phi) is 64.9. The topological polar surface area (TPSA) is 415 Å². The monoisotopic (exact) mass is 1270 g/mol. The first-order valence-electron chi connectivity index (χ1n) is 33.6. The predicted molar refractivity (Wildman–Crippen MR) is 349 cm³/mol. The van der Waals surface area contributed by atoms with Gasteiger partial charge < -0.3 is 104 Å². The van der Waals surface area contributed by atoms with Crippen molar-refractivity contribution in [1.29, 1.82) is 0 Å². The van der Waals surface area contributed by atoms with Crippen molar-refractivity contribution < 1.29 is 75.0 Å². The van der Waals surface area contributed by atoms with Crippen molar-refractivity contribution >= 4 is 29.4 Å². The molecular weight excluding hydrogens is 1130 g/mol. The van der Waals surface area contributed by atoms with Crippen LogP contribution in [-0.4, -0.2) is 233 Å². The molecular formula is C64H133N9O15. The summed E-state index contributed by atoms with van der Waals surface area (Å²) in [4.78, 5) is 62.5. The van der Waals surface area contributed by atoms with Crippen LogP contribution in [0.15, 0.2) is 0 Å². The van der Waals surface area contributed by atoms with E-state index in [-0.39, 0.29) is 52.4 Å². The van der Waals surface area contributed by atoms with Gasteiger partial charge in [-0.05, 0) is 117 Å². The SMILES string of the molecule is C.CC(=O)CCCCCCCCCCCCCCCCCCCCCCCNC(=O)CCC(=O)N(CCNC(=O)[C@@H](O)[C@H](O)[C@@H](O)[C@H](O)CO)CCNC(=O)[C@H](O)[C@@H](O)[C@H](O)[C@@H](O)CO.CNCCCCCCC(CNCCCCN)CNCCCCN. The Labute approximate surface area is 530 Å². The van der Waals surface area contributed by atoms with Gasteiger partial charge in [0.2, 0.25) is 11.8 Å². The van der Waals surface area contributed by atoms with Gasteiger partial charge in [-0.15, -0.1) is 0 Å². The second-order valence-corrected chi connectivity index (χ2v) is 23.6. The lowest BCUT2D eigenvalue weighted by atomic mass is 10.00. The van der Waals surface area contributed by atoms with Crippen LogP contribution in [0.1, 0.15) is 226 Å². The molecule has 0 radical (unpaired) electrons. The van der Waals surface area contributed by atoms with Gasteiger partial charge in [-0.25, -0.2) is 0 Å². The molecule has 0 aromatic heterocycles. The molecule has 24 heteroatoms. The number of carbonyl (C=O) groups excluding carboxylic acids is 5. The van der Waals surface area contributed by atoms with Gasteiger partial charge in [0, 0.05) is 52.0 Å². The number of nitrogens with one attached hydrogen (secondary N) is 6. The minimum Gasteiger partial charge on any atom is -0.394 e. The number of nitrogens with zero attached hydrogens (tertiary/aromatic N) is 1. The van der Waals surface area contributed by atoms with E-state index < -0.39 is 79.8 Å². The van der Waals surface area contributed by atoms with Crippen LogP contribution in [0, 0.1) is 5.92 Å². The maximum absolute atomic E-state index is 13.1. The van der Waals surface area contributed by atoms with Crippen LogP contribution in [0.5, 0.6) is 0 Å². The van der Waals surface area contributed by atoms with Gasteiger partial charge in [0.05, 0.1) is 13.2 Å². The van der Waals surface area contributed by atoms with Crippen LogP contribution >= 0.6 is 0 Å². The lowest BCUT2D eigenvalue weighted by Gasteiger charge is -2.27. The maximum Gasteiger partial charge on any atom is 0.251 e. The van der Waals surface area contributed by atoms with E-state index in [1.165, 1.54) is 148 Å². The van der Waals surface area contributed by atoms with Gasteiger partial charge in [0.25, 0.3) is 11.8 Å². The molecule has 20 N–H and O–H groups in total. The van der Waals surface area contributed by atoms with Crippen molar-refractivity contribution in [2.24, 2.45) is 17.4 Å². The molecule has 88 heavy (non-hydrogen) atoms. The number of aliphatic hydroxyl groups is 10. The molecule has 0 bridgehead atoms. The molecule has 24 nitrogen and oxygen atoms in total. The molecule has 4 amide bonds. The normalized spacial score (nSPS) is 14.1. The molecule has 0 rings (SSSR count). The van der Waals surface area contributed by atoms with E-state index >= 15 is 0 Å². The molecule has 0 unspecified atom stereocenters. The van der Waals surface area contributed by atoms with Crippen molar-refractivity contribution in [3.05, 3.63) is 0 Å². The molecule has 8 atom stereocenters. The summed E-state index contributed by atoms with van der Waals surface area (Å²) < 4.78 is 0. The first-order chi connectivity index (χ1) is 41.9. The highest BCUT2D eigenvalue weighted by atomic mass is 16.4. The summed E-state index contributed by atoms with van der Waals surface area (Å²) >= 11 is 0. The Balaban J connectivity index is -0.00000252. The molecule has 524 valence electrons. The first kappa shape index (κ1) is 89.1. The average molecular weight is 1270 g/mol. The summed E-state index contributed by atoms with van der Waals surface area (Å²) in [6.07, 6.45) is 20.8. The molecule has 0 fully saturated rings. The molecule has 0 aromatic carbocycles. The minimum absolute atomic E-state index is 0. The predicted octanol–water partition coefficient (Wildman–Crippen LogP) is 2.05. The summed E-state index contributed by atoms with van der Waals surface area (Å²) in [5.74, 6) is -2.22. The van der Waals surface area contributed by atoms with Crippen LogP contribution in [0.4, 0.5) is 0 Å². The van der Waals surface area contributed by atoms with Gasteiger partial charge in [-0.1, -0.05) is 149 Å². The Hall–Kier alpha value is -3.05. The second kappa shape index (κ2) is 64.1. The van der Waals surface area contributed by atoms with Crippen molar-refractivity contribution in [2.75, 3.05) is 98.8 Å². The smallest absolute Gasteiger partial charge is 0.251 e. The third-order valence-electron chi connectivity index (χ3n) is 15.6. The fourth-order valence-corrected chi connectivity index (χ4v) is 9.87. The third kappa shape index (κ3) is 52.6. The lowest BCUT2D eigenvalue weighted by Crippen LogP contribution is -2.53. The number of rotatable bonds is 62. The molecule has 0 spiro atoms. The molecule has 0 heterocycles. The summed E-state index contributed by atoms with van der Waals surface area (Å²) in [6.45, 7) is 6.36. The molecule has 0 aliphatic heterocycles. The van der Waals surface area contributed by atoms with Gasteiger partial charge in [0.15, 0.2) is 12.2 Å². The van der Waals surface area contributed by atoms with E-state index in [1.54, 1.807) is 6.92 Å². The van der Waals surface area contributed by atoms with Gasteiger partial charge in [-0.2, -0.15) is 0 Å². The van der Waals surface area contributed by atoms with E-state index in [1.807, 2.05) is 7.05 Å². The lowest BCUT2D eigenvalue weighted by molar-refractivity contribution is -0.149. The van der Waals surface area contributed by atoms with Crippen LogP contribution in [0.3, 0.4) is 0 Å². The van der Waals surface area contributed by atoms with Gasteiger partial charge in [0.1, 0.15) is 42.4 Å². The average Bonchev–Trinajstić information content (AvgIpc) is 3.70. The minimum atomic E-state index is -2.21. The molecule has 0 saturated carbocycles. The number of aliphatic hydroxyl groups excluding tert-OH is 10. The summed E-state index contributed by atoms with van der Waals surface area (Å²) in [6, 6.07) is 0. The molecule has 0 aliphatic carbocycles. The molecule has 0 aliphatic rings. The zero-order valence-corrected chi connectivity index (χ0v) is 54.0. The highest BCUT2D eigenvalue weighted by Crippen LogP contribution is 2.16. The Morgan fingerprint density at radius 1 is 0.409 bits per heavy atom. The number of ketones is 1. The fraction of sp³-hybridized carbons (Fsp3) is 0.922. The Morgan fingerprint density at radius 2 is 0.761 bits per heavy atom.